The van der Waals surface area contributed by atoms with Crippen LogP contribution in [0.5, 0.6) is 0 Å². The molecule has 0 unspecified atom stereocenters. The van der Waals surface area contributed by atoms with Gasteiger partial charge in [0.05, 0.1) is 10.6 Å². The first kappa shape index (κ1) is 21.8. The van der Waals surface area contributed by atoms with E-state index in [2.05, 4.69) is 5.32 Å². The first-order valence-corrected chi connectivity index (χ1v) is 10.9. The van der Waals surface area contributed by atoms with Crippen LogP contribution in [0.1, 0.15) is 21.5 Å². The number of sulfonamides is 1. The zero-order chi connectivity index (χ0) is 21.9. The zero-order valence-electron chi connectivity index (χ0n) is 16.4. The minimum atomic E-state index is -3.83. The average molecular weight is 447 g/mol. The Morgan fingerprint density at radius 3 is 2.30 bits per heavy atom. The molecule has 0 heterocycles. The molecule has 0 aliphatic rings. The minimum Gasteiger partial charge on any atom is -0.348 e. The molecule has 0 bridgehead atoms. The van der Waals surface area contributed by atoms with Gasteiger partial charge < -0.3 is 5.32 Å². The molecule has 0 saturated carbocycles. The molecule has 1 N–H and O–H groups in total. The molecule has 8 heteroatoms. The number of aryl methyl sites for hydroxylation is 1. The third kappa shape index (κ3) is 4.80. The molecule has 0 fully saturated rings. The predicted octanol–water partition coefficient (Wildman–Crippen LogP) is 4.54. The van der Waals surface area contributed by atoms with Crippen molar-refractivity contribution in [2.24, 2.45) is 0 Å². The highest BCUT2D eigenvalue weighted by atomic mass is 35.5. The number of carbonyl (C=O) groups is 1. The van der Waals surface area contributed by atoms with Gasteiger partial charge in [-0.1, -0.05) is 29.8 Å². The van der Waals surface area contributed by atoms with Gasteiger partial charge in [-0.05, 0) is 66.6 Å². The van der Waals surface area contributed by atoms with Gasteiger partial charge in [0.1, 0.15) is 5.82 Å². The third-order valence-electron chi connectivity index (χ3n) is 4.65. The maximum absolute atomic E-state index is 13.0. The molecule has 0 radical (unpaired) electrons. The molecular formula is C22H20ClFN2O3S. The van der Waals surface area contributed by atoms with Crippen molar-refractivity contribution in [1.82, 2.24) is 5.32 Å². The summed E-state index contributed by atoms with van der Waals surface area (Å²) in [5.74, 6) is -0.712. The minimum absolute atomic E-state index is 0.0972. The molecule has 1 amide bonds. The Kier molecular flexibility index (Phi) is 6.43. The van der Waals surface area contributed by atoms with Gasteiger partial charge >= 0.3 is 0 Å². The Morgan fingerprint density at radius 2 is 1.67 bits per heavy atom. The van der Waals surface area contributed by atoms with E-state index >= 15 is 0 Å². The van der Waals surface area contributed by atoms with Crippen molar-refractivity contribution < 1.29 is 17.6 Å². The summed E-state index contributed by atoms with van der Waals surface area (Å²) in [4.78, 5) is 12.7. The summed E-state index contributed by atoms with van der Waals surface area (Å²) in [6, 6.07) is 16.5. The van der Waals surface area contributed by atoms with Crippen LogP contribution in [0.2, 0.25) is 5.02 Å². The van der Waals surface area contributed by atoms with E-state index in [1.807, 2.05) is 0 Å². The van der Waals surface area contributed by atoms with Gasteiger partial charge in [0.2, 0.25) is 0 Å². The fourth-order valence-electron chi connectivity index (χ4n) is 2.87. The van der Waals surface area contributed by atoms with Crippen LogP contribution < -0.4 is 9.62 Å². The van der Waals surface area contributed by atoms with Gasteiger partial charge in [-0.3, -0.25) is 9.10 Å². The van der Waals surface area contributed by atoms with Crippen LogP contribution in [0.15, 0.2) is 71.6 Å². The van der Waals surface area contributed by atoms with E-state index in [-0.39, 0.29) is 23.2 Å². The molecule has 3 rings (SSSR count). The van der Waals surface area contributed by atoms with Gasteiger partial charge in [0, 0.05) is 24.2 Å². The summed E-state index contributed by atoms with van der Waals surface area (Å²) in [7, 11) is -2.39. The molecule has 3 aromatic rings. The number of anilines is 1. The summed E-state index contributed by atoms with van der Waals surface area (Å²) in [6.07, 6.45) is 0. The summed E-state index contributed by atoms with van der Waals surface area (Å²) in [6.45, 7) is 1.99. The van der Waals surface area contributed by atoms with Crippen LogP contribution in [0.3, 0.4) is 0 Å². The first-order valence-electron chi connectivity index (χ1n) is 9.06. The summed E-state index contributed by atoms with van der Waals surface area (Å²) in [5.41, 5.74) is 2.15. The maximum atomic E-state index is 13.0. The second-order valence-electron chi connectivity index (χ2n) is 6.74. The normalized spacial score (nSPS) is 11.2. The molecule has 5 nitrogen and oxygen atoms in total. The SMILES string of the molecule is Cc1ccc(C(=O)NCc2ccc(F)cc2)cc1N(C)S(=O)(=O)c1ccc(Cl)cc1. The summed E-state index contributed by atoms with van der Waals surface area (Å²) >= 11 is 5.85. The highest BCUT2D eigenvalue weighted by Crippen LogP contribution is 2.27. The highest BCUT2D eigenvalue weighted by Gasteiger charge is 2.23. The number of hydrogen-bond acceptors (Lipinski definition) is 3. The number of hydrogen-bond donors (Lipinski definition) is 1. The largest absolute Gasteiger partial charge is 0.348 e. The topological polar surface area (TPSA) is 66.5 Å². The van der Waals surface area contributed by atoms with E-state index in [0.29, 0.717) is 21.8 Å². The van der Waals surface area contributed by atoms with Gasteiger partial charge in [0.25, 0.3) is 15.9 Å². The van der Waals surface area contributed by atoms with Crippen LogP contribution in [-0.4, -0.2) is 21.4 Å². The Hall–Kier alpha value is -2.90. The molecule has 0 saturated heterocycles. The first-order chi connectivity index (χ1) is 14.2. The van der Waals surface area contributed by atoms with E-state index in [0.717, 1.165) is 9.87 Å². The van der Waals surface area contributed by atoms with Crippen LogP contribution in [0, 0.1) is 12.7 Å². The lowest BCUT2D eigenvalue weighted by molar-refractivity contribution is 0.0951. The second-order valence-corrected chi connectivity index (χ2v) is 9.14. The third-order valence-corrected chi connectivity index (χ3v) is 6.69. The Labute approximate surface area is 180 Å². The van der Waals surface area contributed by atoms with Crippen LogP contribution in [0.25, 0.3) is 0 Å². The smallest absolute Gasteiger partial charge is 0.264 e. The van der Waals surface area contributed by atoms with E-state index in [1.54, 1.807) is 31.2 Å². The lowest BCUT2D eigenvalue weighted by Crippen LogP contribution is -2.28. The van der Waals surface area contributed by atoms with E-state index in [1.165, 1.54) is 49.5 Å². The van der Waals surface area contributed by atoms with Gasteiger partial charge in [0.15, 0.2) is 0 Å². The molecule has 0 aliphatic heterocycles. The number of halogens is 2. The monoisotopic (exact) mass is 446 g/mol. The number of benzene rings is 3. The van der Waals surface area contributed by atoms with Crippen molar-refractivity contribution in [2.45, 2.75) is 18.4 Å². The van der Waals surface area contributed by atoms with Gasteiger partial charge in [-0.2, -0.15) is 0 Å². The van der Waals surface area contributed by atoms with E-state index in [9.17, 15) is 17.6 Å². The van der Waals surface area contributed by atoms with Crippen molar-refractivity contribution >= 4 is 33.2 Å². The van der Waals surface area contributed by atoms with E-state index in [4.69, 9.17) is 11.6 Å². The van der Waals surface area contributed by atoms with Crippen LogP contribution >= 0.6 is 11.6 Å². The molecule has 0 atom stereocenters. The number of nitrogens with one attached hydrogen (secondary N) is 1. The predicted molar refractivity (Wildman–Crippen MR) is 116 cm³/mol. The highest BCUT2D eigenvalue weighted by molar-refractivity contribution is 7.92. The lowest BCUT2D eigenvalue weighted by Gasteiger charge is -2.22. The molecule has 30 heavy (non-hydrogen) atoms. The van der Waals surface area contributed by atoms with Crippen LogP contribution in [-0.2, 0) is 16.6 Å². The second kappa shape index (κ2) is 8.85. The van der Waals surface area contributed by atoms with Crippen LogP contribution in [0.4, 0.5) is 10.1 Å². The van der Waals surface area contributed by atoms with Crippen molar-refractivity contribution in [2.75, 3.05) is 11.4 Å². The van der Waals surface area contributed by atoms with Crippen molar-refractivity contribution in [3.05, 3.63) is 94.3 Å². The number of nitrogens with zero attached hydrogens (tertiary/aromatic N) is 1. The fourth-order valence-corrected chi connectivity index (χ4v) is 4.25. The fraction of sp³-hybridized carbons (Fsp3) is 0.136. The van der Waals surface area contributed by atoms with Crippen molar-refractivity contribution in [1.29, 1.82) is 0 Å². The van der Waals surface area contributed by atoms with E-state index < -0.39 is 10.0 Å². The molecule has 156 valence electrons. The lowest BCUT2D eigenvalue weighted by atomic mass is 10.1. The number of rotatable bonds is 6. The summed E-state index contributed by atoms with van der Waals surface area (Å²) in [5, 5.41) is 3.19. The standard InChI is InChI=1S/C22H20ClFN2O3S/c1-15-3-6-17(22(27)25-14-16-4-9-19(24)10-5-16)13-21(15)26(2)30(28,29)20-11-7-18(23)8-12-20/h3-13H,14H2,1-2H3,(H,25,27). The molecule has 3 aromatic carbocycles. The maximum Gasteiger partial charge on any atom is 0.264 e. The van der Waals surface area contributed by atoms with Crippen molar-refractivity contribution in [3.8, 4) is 0 Å². The molecular weight excluding hydrogens is 427 g/mol. The molecule has 0 aliphatic carbocycles. The van der Waals surface area contributed by atoms with Crippen molar-refractivity contribution in [3.63, 3.8) is 0 Å². The molecule has 0 spiro atoms. The number of amides is 1. The van der Waals surface area contributed by atoms with Gasteiger partial charge in [-0.15, -0.1) is 0 Å². The quantitative estimate of drug-likeness (QED) is 0.604. The van der Waals surface area contributed by atoms with Gasteiger partial charge in [-0.25, -0.2) is 12.8 Å². The summed E-state index contributed by atoms with van der Waals surface area (Å²) < 4.78 is 40.1. The Balaban J connectivity index is 1.82. The Morgan fingerprint density at radius 1 is 1.03 bits per heavy atom. The number of carbonyl (C=O) groups excluding carboxylic acids is 1. The Bertz CT molecular complexity index is 1160. The molecule has 0 aromatic heterocycles. The average Bonchev–Trinajstić information content (AvgIpc) is 2.73. The zero-order valence-corrected chi connectivity index (χ0v) is 18.0.